The molecule has 0 saturated carbocycles. The van der Waals surface area contributed by atoms with E-state index in [0.717, 1.165) is 0 Å². The number of benzene rings is 1. The first-order valence-electron chi connectivity index (χ1n) is 4.11. The van der Waals surface area contributed by atoms with Crippen LogP contribution in [0, 0.1) is 10.1 Å². The van der Waals surface area contributed by atoms with Crippen molar-refractivity contribution in [2.45, 2.75) is 6.92 Å². The van der Waals surface area contributed by atoms with Crippen molar-refractivity contribution in [3.63, 3.8) is 0 Å². The van der Waals surface area contributed by atoms with E-state index in [1.165, 1.54) is 18.2 Å². The molecule has 0 saturated heterocycles. The van der Waals surface area contributed by atoms with Gasteiger partial charge in [-0.1, -0.05) is 18.2 Å². The average Bonchev–Trinajstić information content (AvgIpc) is 2.16. The molecule has 0 aliphatic carbocycles. The Hall–Kier alpha value is -2.17. The molecule has 1 rings (SSSR count). The van der Waals surface area contributed by atoms with Crippen molar-refractivity contribution < 1.29 is 14.8 Å². The SMILES string of the molecule is C=C(C)c1ccc(C(=O)O)c([N+](=O)[O-])c1. The number of rotatable bonds is 3. The highest BCUT2D eigenvalue weighted by Crippen LogP contribution is 2.23. The second-order valence-corrected chi connectivity index (χ2v) is 3.07. The molecule has 0 aliphatic heterocycles. The van der Waals surface area contributed by atoms with Crippen LogP contribution in [-0.4, -0.2) is 16.0 Å². The van der Waals surface area contributed by atoms with Gasteiger partial charge in [0, 0.05) is 6.07 Å². The van der Waals surface area contributed by atoms with E-state index in [-0.39, 0.29) is 5.56 Å². The van der Waals surface area contributed by atoms with Crippen molar-refractivity contribution in [3.8, 4) is 0 Å². The zero-order valence-corrected chi connectivity index (χ0v) is 8.06. The molecule has 0 fully saturated rings. The Morgan fingerprint density at radius 2 is 2.13 bits per heavy atom. The highest BCUT2D eigenvalue weighted by molar-refractivity contribution is 5.93. The lowest BCUT2D eigenvalue weighted by Crippen LogP contribution is -2.02. The van der Waals surface area contributed by atoms with E-state index < -0.39 is 16.6 Å². The van der Waals surface area contributed by atoms with E-state index in [0.29, 0.717) is 11.1 Å². The van der Waals surface area contributed by atoms with Crippen molar-refractivity contribution in [2.75, 3.05) is 0 Å². The second kappa shape index (κ2) is 3.91. The van der Waals surface area contributed by atoms with Gasteiger partial charge >= 0.3 is 5.97 Å². The third-order valence-corrected chi connectivity index (χ3v) is 1.92. The van der Waals surface area contributed by atoms with Gasteiger partial charge in [-0.05, 0) is 18.6 Å². The number of carboxylic acids is 1. The number of hydrogen-bond donors (Lipinski definition) is 1. The zero-order valence-electron chi connectivity index (χ0n) is 8.06. The molecule has 0 spiro atoms. The van der Waals surface area contributed by atoms with Crippen molar-refractivity contribution >= 4 is 17.2 Å². The summed E-state index contributed by atoms with van der Waals surface area (Å²) in [6.45, 7) is 5.32. The number of hydrogen-bond acceptors (Lipinski definition) is 3. The van der Waals surface area contributed by atoms with Crippen molar-refractivity contribution in [3.05, 3.63) is 46.0 Å². The summed E-state index contributed by atoms with van der Waals surface area (Å²) >= 11 is 0. The fourth-order valence-electron chi connectivity index (χ4n) is 1.13. The molecule has 0 radical (unpaired) electrons. The van der Waals surface area contributed by atoms with Crippen LogP contribution in [0.1, 0.15) is 22.8 Å². The predicted molar refractivity (Wildman–Crippen MR) is 54.8 cm³/mol. The minimum absolute atomic E-state index is 0.315. The largest absolute Gasteiger partial charge is 0.477 e. The Balaban J connectivity index is 3.40. The molecule has 0 aromatic heterocycles. The Bertz CT molecular complexity index is 451. The first kappa shape index (κ1) is 10.9. The molecule has 0 heterocycles. The van der Waals surface area contributed by atoms with Crippen LogP contribution in [0.5, 0.6) is 0 Å². The van der Waals surface area contributed by atoms with Crippen LogP contribution in [0.25, 0.3) is 5.57 Å². The summed E-state index contributed by atoms with van der Waals surface area (Å²) in [5.74, 6) is -1.31. The van der Waals surface area contributed by atoms with Crippen LogP contribution in [0.2, 0.25) is 0 Å². The van der Waals surface area contributed by atoms with Gasteiger partial charge < -0.3 is 5.11 Å². The molecule has 1 aromatic rings. The molecular weight excluding hydrogens is 198 g/mol. The summed E-state index contributed by atoms with van der Waals surface area (Å²) in [6.07, 6.45) is 0. The Morgan fingerprint density at radius 3 is 2.53 bits per heavy atom. The lowest BCUT2D eigenvalue weighted by Gasteiger charge is -2.02. The maximum Gasteiger partial charge on any atom is 0.342 e. The van der Waals surface area contributed by atoms with E-state index >= 15 is 0 Å². The van der Waals surface area contributed by atoms with E-state index in [4.69, 9.17) is 5.11 Å². The number of aromatic carboxylic acids is 1. The number of carbonyl (C=O) groups is 1. The second-order valence-electron chi connectivity index (χ2n) is 3.07. The molecule has 5 heteroatoms. The van der Waals surface area contributed by atoms with Gasteiger partial charge in [-0.2, -0.15) is 0 Å². The highest BCUT2D eigenvalue weighted by Gasteiger charge is 2.19. The quantitative estimate of drug-likeness (QED) is 0.609. The third-order valence-electron chi connectivity index (χ3n) is 1.92. The Kier molecular flexibility index (Phi) is 2.85. The number of allylic oxidation sites excluding steroid dienone is 1. The molecule has 15 heavy (non-hydrogen) atoms. The number of nitrogens with zero attached hydrogens (tertiary/aromatic N) is 1. The normalized spacial score (nSPS) is 9.67. The van der Waals surface area contributed by atoms with Crippen molar-refractivity contribution in [1.82, 2.24) is 0 Å². The van der Waals surface area contributed by atoms with E-state index in [1.54, 1.807) is 6.92 Å². The van der Waals surface area contributed by atoms with Crippen LogP contribution >= 0.6 is 0 Å². The van der Waals surface area contributed by atoms with E-state index in [9.17, 15) is 14.9 Å². The fraction of sp³-hybridized carbons (Fsp3) is 0.100. The average molecular weight is 207 g/mol. The van der Waals surface area contributed by atoms with Gasteiger partial charge in [-0.3, -0.25) is 10.1 Å². The summed E-state index contributed by atoms with van der Waals surface area (Å²) in [6, 6.07) is 3.93. The van der Waals surface area contributed by atoms with Crippen LogP contribution in [0.15, 0.2) is 24.8 Å². The van der Waals surface area contributed by atoms with Gasteiger partial charge in [-0.25, -0.2) is 4.79 Å². The minimum atomic E-state index is -1.31. The molecule has 0 atom stereocenters. The van der Waals surface area contributed by atoms with E-state index in [2.05, 4.69) is 6.58 Å². The molecule has 78 valence electrons. The first-order valence-corrected chi connectivity index (χ1v) is 4.11. The molecule has 1 N–H and O–H groups in total. The molecule has 0 unspecified atom stereocenters. The molecular formula is C10H9NO4. The smallest absolute Gasteiger partial charge is 0.342 e. The van der Waals surface area contributed by atoms with Crippen LogP contribution in [-0.2, 0) is 0 Å². The summed E-state index contributed by atoms with van der Waals surface area (Å²) < 4.78 is 0. The van der Waals surface area contributed by atoms with Gasteiger partial charge in [0.1, 0.15) is 5.56 Å². The van der Waals surface area contributed by atoms with Crippen LogP contribution in [0.3, 0.4) is 0 Å². The number of nitro groups is 1. The molecule has 5 nitrogen and oxygen atoms in total. The van der Waals surface area contributed by atoms with Gasteiger partial charge in [0.25, 0.3) is 5.69 Å². The summed E-state index contributed by atoms with van der Waals surface area (Å²) in [5.41, 5.74) is 0.481. The topological polar surface area (TPSA) is 80.4 Å². The summed E-state index contributed by atoms with van der Waals surface area (Å²) in [7, 11) is 0. The Labute approximate surface area is 85.8 Å². The highest BCUT2D eigenvalue weighted by atomic mass is 16.6. The minimum Gasteiger partial charge on any atom is -0.477 e. The maximum absolute atomic E-state index is 10.7. The van der Waals surface area contributed by atoms with Crippen molar-refractivity contribution in [1.29, 1.82) is 0 Å². The van der Waals surface area contributed by atoms with Gasteiger partial charge in [0.05, 0.1) is 4.92 Å². The zero-order chi connectivity index (χ0) is 11.6. The van der Waals surface area contributed by atoms with Crippen molar-refractivity contribution in [2.24, 2.45) is 0 Å². The lowest BCUT2D eigenvalue weighted by molar-refractivity contribution is -0.385. The van der Waals surface area contributed by atoms with Crippen LogP contribution in [0.4, 0.5) is 5.69 Å². The van der Waals surface area contributed by atoms with E-state index in [1.807, 2.05) is 0 Å². The summed E-state index contributed by atoms with van der Waals surface area (Å²) in [4.78, 5) is 20.6. The molecule has 0 aliphatic rings. The number of nitro benzene ring substituents is 1. The van der Waals surface area contributed by atoms with Gasteiger partial charge in [0.2, 0.25) is 0 Å². The van der Waals surface area contributed by atoms with Gasteiger partial charge in [0.15, 0.2) is 0 Å². The molecule has 1 aromatic carbocycles. The number of carboxylic acid groups (broad SMARTS) is 1. The predicted octanol–water partition coefficient (Wildman–Crippen LogP) is 2.33. The van der Waals surface area contributed by atoms with Gasteiger partial charge in [-0.15, -0.1) is 0 Å². The Morgan fingerprint density at radius 1 is 1.53 bits per heavy atom. The monoisotopic (exact) mass is 207 g/mol. The standard InChI is InChI=1S/C10H9NO4/c1-6(2)7-3-4-8(10(12)13)9(5-7)11(14)15/h3-5H,1H2,2H3,(H,12,13). The lowest BCUT2D eigenvalue weighted by atomic mass is 10.0. The van der Waals surface area contributed by atoms with Crippen LogP contribution < -0.4 is 0 Å². The molecule has 0 bridgehead atoms. The fourth-order valence-corrected chi connectivity index (χ4v) is 1.13. The third kappa shape index (κ3) is 2.19. The molecule has 0 amide bonds. The first-order chi connectivity index (χ1) is 6.93. The summed E-state index contributed by atoms with van der Waals surface area (Å²) in [5, 5.41) is 19.3. The maximum atomic E-state index is 10.7.